The summed E-state index contributed by atoms with van der Waals surface area (Å²) >= 11 is 0. The van der Waals surface area contributed by atoms with Crippen LogP contribution in [0.25, 0.3) is 0 Å². The van der Waals surface area contributed by atoms with Crippen molar-refractivity contribution in [3.8, 4) is 0 Å². The first-order valence-electron chi connectivity index (χ1n) is 5.33. The van der Waals surface area contributed by atoms with Crippen molar-refractivity contribution in [3.63, 3.8) is 0 Å². The second-order valence-electron chi connectivity index (χ2n) is 4.26. The number of oxazole rings is 1. The van der Waals surface area contributed by atoms with E-state index in [1.165, 1.54) is 12.8 Å². The molecule has 2 rings (SSSR count). The fraction of sp³-hybridized carbons (Fsp3) is 0.727. The highest BCUT2D eigenvalue weighted by Gasteiger charge is 2.27. The zero-order chi connectivity index (χ0) is 10.1. The maximum absolute atomic E-state index is 5.49. The molecule has 0 saturated heterocycles. The Morgan fingerprint density at radius 2 is 2.21 bits per heavy atom. The molecule has 3 heteroatoms. The third kappa shape index (κ3) is 2.15. The van der Waals surface area contributed by atoms with Gasteiger partial charge in [0.05, 0.1) is 12.2 Å². The Bertz CT molecular complexity index is 296. The van der Waals surface area contributed by atoms with Gasteiger partial charge in [0.1, 0.15) is 5.76 Å². The summed E-state index contributed by atoms with van der Waals surface area (Å²) < 4.78 is 5.49. The van der Waals surface area contributed by atoms with Gasteiger partial charge < -0.3 is 9.73 Å². The molecule has 1 fully saturated rings. The lowest BCUT2D eigenvalue weighted by atomic mass is 10.2. The first kappa shape index (κ1) is 9.71. The van der Waals surface area contributed by atoms with Crippen molar-refractivity contribution in [2.75, 3.05) is 0 Å². The van der Waals surface area contributed by atoms with E-state index in [1.54, 1.807) is 0 Å². The van der Waals surface area contributed by atoms with Crippen molar-refractivity contribution >= 4 is 0 Å². The van der Waals surface area contributed by atoms with Gasteiger partial charge in [0.2, 0.25) is 5.89 Å². The summed E-state index contributed by atoms with van der Waals surface area (Å²) in [6, 6.07) is 0.600. The lowest BCUT2D eigenvalue weighted by Gasteiger charge is -2.09. The van der Waals surface area contributed by atoms with E-state index in [9.17, 15) is 0 Å². The topological polar surface area (TPSA) is 38.1 Å². The Morgan fingerprint density at radius 3 is 2.71 bits per heavy atom. The molecular formula is C11H18N2O. The Hall–Kier alpha value is -0.830. The van der Waals surface area contributed by atoms with Gasteiger partial charge in [-0.05, 0) is 39.5 Å². The third-order valence-electron chi connectivity index (χ3n) is 2.98. The molecule has 1 saturated carbocycles. The SMILES string of the molecule is Cc1nc(CNC(C)C2CC2)oc1C. The minimum Gasteiger partial charge on any atom is -0.444 e. The summed E-state index contributed by atoms with van der Waals surface area (Å²) in [6.07, 6.45) is 2.75. The largest absolute Gasteiger partial charge is 0.444 e. The molecule has 1 atom stereocenters. The van der Waals surface area contributed by atoms with Gasteiger partial charge in [0.25, 0.3) is 0 Å². The lowest BCUT2D eigenvalue weighted by Crippen LogP contribution is -2.27. The lowest BCUT2D eigenvalue weighted by molar-refractivity contribution is 0.414. The van der Waals surface area contributed by atoms with E-state index in [2.05, 4.69) is 17.2 Å². The van der Waals surface area contributed by atoms with Crippen LogP contribution in [0.3, 0.4) is 0 Å². The number of rotatable bonds is 4. The number of nitrogens with zero attached hydrogens (tertiary/aromatic N) is 1. The third-order valence-corrected chi connectivity index (χ3v) is 2.98. The van der Waals surface area contributed by atoms with Gasteiger partial charge in [-0.2, -0.15) is 0 Å². The number of nitrogens with one attached hydrogen (secondary N) is 1. The van der Waals surface area contributed by atoms with Crippen LogP contribution in [-0.2, 0) is 6.54 Å². The van der Waals surface area contributed by atoms with Gasteiger partial charge in [0, 0.05) is 6.04 Å². The van der Waals surface area contributed by atoms with Crippen LogP contribution in [0.15, 0.2) is 4.42 Å². The van der Waals surface area contributed by atoms with Gasteiger partial charge in [-0.1, -0.05) is 0 Å². The van der Waals surface area contributed by atoms with E-state index < -0.39 is 0 Å². The van der Waals surface area contributed by atoms with Crippen molar-refractivity contribution in [1.29, 1.82) is 0 Å². The van der Waals surface area contributed by atoms with Gasteiger partial charge >= 0.3 is 0 Å². The smallest absolute Gasteiger partial charge is 0.208 e. The fourth-order valence-electron chi connectivity index (χ4n) is 1.63. The summed E-state index contributed by atoms with van der Waals surface area (Å²) in [7, 11) is 0. The first-order chi connectivity index (χ1) is 6.66. The Morgan fingerprint density at radius 1 is 1.50 bits per heavy atom. The molecule has 3 nitrogen and oxygen atoms in total. The molecule has 0 spiro atoms. The number of hydrogen-bond acceptors (Lipinski definition) is 3. The minimum absolute atomic E-state index is 0.600. The van der Waals surface area contributed by atoms with Crippen LogP contribution < -0.4 is 5.32 Å². The molecule has 1 aromatic rings. The first-order valence-corrected chi connectivity index (χ1v) is 5.33. The Labute approximate surface area is 84.9 Å². The summed E-state index contributed by atoms with van der Waals surface area (Å²) in [6.45, 7) is 6.93. The van der Waals surface area contributed by atoms with Crippen molar-refractivity contribution in [2.24, 2.45) is 5.92 Å². The zero-order valence-electron chi connectivity index (χ0n) is 9.13. The number of hydrogen-bond donors (Lipinski definition) is 1. The van der Waals surface area contributed by atoms with Crippen molar-refractivity contribution in [2.45, 2.75) is 46.2 Å². The molecule has 0 bridgehead atoms. The van der Waals surface area contributed by atoms with Gasteiger partial charge in [-0.3, -0.25) is 0 Å². The van der Waals surface area contributed by atoms with Crippen LogP contribution in [-0.4, -0.2) is 11.0 Å². The summed E-state index contributed by atoms with van der Waals surface area (Å²) in [4.78, 5) is 4.33. The van der Waals surface area contributed by atoms with Gasteiger partial charge in [-0.15, -0.1) is 0 Å². The van der Waals surface area contributed by atoms with Crippen LogP contribution in [0.2, 0.25) is 0 Å². The van der Waals surface area contributed by atoms with E-state index in [-0.39, 0.29) is 0 Å². The molecule has 0 radical (unpaired) electrons. The summed E-state index contributed by atoms with van der Waals surface area (Å²) in [5, 5.41) is 3.45. The molecular weight excluding hydrogens is 176 g/mol. The van der Waals surface area contributed by atoms with E-state index in [0.29, 0.717) is 6.04 Å². The van der Waals surface area contributed by atoms with Crippen molar-refractivity contribution in [1.82, 2.24) is 10.3 Å². The molecule has 1 aromatic heterocycles. The van der Waals surface area contributed by atoms with Crippen LogP contribution in [0.1, 0.15) is 37.1 Å². The van der Waals surface area contributed by atoms with E-state index in [1.807, 2.05) is 13.8 Å². The van der Waals surface area contributed by atoms with E-state index >= 15 is 0 Å². The van der Waals surface area contributed by atoms with Crippen LogP contribution >= 0.6 is 0 Å². The maximum Gasteiger partial charge on any atom is 0.208 e. The maximum atomic E-state index is 5.49. The average Bonchev–Trinajstić information content (AvgIpc) is 2.92. The molecule has 1 heterocycles. The van der Waals surface area contributed by atoms with Crippen LogP contribution in [0, 0.1) is 19.8 Å². The van der Waals surface area contributed by atoms with Crippen molar-refractivity contribution in [3.05, 3.63) is 17.3 Å². The normalized spacial score (nSPS) is 18.5. The molecule has 14 heavy (non-hydrogen) atoms. The highest BCUT2D eigenvalue weighted by Crippen LogP contribution is 2.32. The zero-order valence-corrected chi connectivity index (χ0v) is 9.13. The Kier molecular flexibility index (Phi) is 2.59. The molecule has 1 unspecified atom stereocenters. The molecule has 1 aliphatic rings. The number of aryl methyl sites for hydroxylation is 2. The second-order valence-corrected chi connectivity index (χ2v) is 4.26. The average molecular weight is 194 g/mol. The van der Waals surface area contributed by atoms with Gasteiger partial charge in [-0.25, -0.2) is 4.98 Å². The molecule has 0 aromatic carbocycles. The van der Waals surface area contributed by atoms with Gasteiger partial charge in [0.15, 0.2) is 0 Å². The standard InChI is InChI=1S/C11H18N2O/c1-7-9(3)14-11(13-7)6-12-8(2)10-4-5-10/h8,10,12H,4-6H2,1-3H3. The molecule has 0 amide bonds. The quantitative estimate of drug-likeness (QED) is 0.798. The molecule has 0 aliphatic heterocycles. The monoisotopic (exact) mass is 194 g/mol. The van der Waals surface area contributed by atoms with E-state index in [4.69, 9.17) is 4.42 Å². The summed E-state index contributed by atoms with van der Waals surface area (Å²) in [5.41, 5.74) is 1.00. The predicted molar refractivity (Wildman–Crippen MR) is 55.0 cm³/mol. The highest BCUT2D eigenvalue weighted by molar-refractivity contribution is 5.05. The molecule has 1 N–H and O–H groups in total. The van der Waals surface area contributed by atoms with Crippen LogP contribution in [0.5, 0.6) is 0 Å². The van der Waals surface area contributed by atoms with Crippen molar-refractivity contribution < 1.29 is 4.42 Å². The van der Waals surface area contributed by atoms with E-state index in [0.717, 1.165) is 29.8 Å². The molecule has 78 valence electrons. The second kappa shape index (κ2) is 3.73. The predicted octanol–water partition coefficient (Wildman–Crippen LogP) is 2.18. The Balaban J connectivity index is 1.84. The highest BCUT2D eigenvalue weighted by atomic mass is 16.4. The minimum atomic E-state index is 0.600. The fourth-order valence-corrected chi connectivity index (χ4v) is 1.63. The molecule has 1 aliphatic carbocycles. The summed E-state index contributed by atoms with van der Waals surface area (Å²) in [5.74, 6) is 2.63. The number of aromatic nitrogens is 1. The van der Waals surface area contributed by atoms with Crippen LogP contribution in [0.4, 0.5) is 0 Å².